The van der Waals surface area contributed by atoms with E-state index in [0.717, 1.165) is 5.56 Å². The molecule has 0 saturated heterocycles. The van der Waals surface area contributed by atoms with Gasteiger partial charge in [0.1, 0.15) is 65.4 Å². The van der Waals surface area contributed by atoms with Crippen LogP contribution in [0.15, 0.2) is 58.0 Å². The topological polar surface area (TPSA) is 226 Å². The van der Waals surface area contributed by atoms with Gasteiger partial charge in [0.25, 0.3) is 0 Å². The van der Waals surface area contributed by atoms with Crippen molar-refractivity contribution in [2.45, 2.75) is 49.7 Å². The summed E-state index contributed by atoms with van der Waals surface area (Å²) in [6.07, 6.45) is -0.962. The van der Waals surface area contributed by atoms with Gasteiger partial charge in [0.05, 0.1) is 11.3 Å². The fourth-order valence-corrected chi connectivity index (χ4v) is 5.33. The van der Waals surface area contributed by atoms with E-state index in [2.05, 4.69) is 22.1 Å². The Labute approximate surface area is 285 Å². The summed E-state index contributed by atoms with van der Waals surface area (Å²) in [4.78, 5) is 32.9. The van der Waals surface area contributed by atoms with Gasteiger partial charge in [-0.2, -0.15) is 10.5 Å². The molecule has 248 valence electrons. The molecule has 3 atom stereocenters. The zero-order valence-electron chi connectivity index (χ0n) is 26.2. The average molecular weight is 690 g/mol. The van der Waals surface area contributed by atoms with Gasteiger partial charge in [-0.25, -0.2) is 9.97 Å². The van der Waals surface area contributed by atoms with Crippen molar-refractivity contribution in [3.05, 3.63) is 76.1 Å². The number of hydrogen-bond acceptors (Lipinski definition) is 14. The van der Waals surface area contributed by atoms with Crippen LogP contribution in [0.3, 0.4) is 0 Å². The number of benzene rings is 2. The zero-order chi connectivity index (χ0) is 35.0. The number of ether oxygens (including phenoxy) is 3. The number of carbonyl (C=O) groups excluding carboxylic acids is 2. The number of anilines is 1. The number of halogens is 1. The van der Waals surface area contributed by atoms with Crippen LogP contribution in [0.5, 0.6) is 5.75 Å². The van der Waals surface area contributed by atoms with Crippen LogP contribution >= 0.6 is 23.4 Å². The molecule has 0 aliphatic rings. The highest BCUT2D eigenvalue weighted by Crippen LogP contribution is 2.37. The molecule has 0 saturated carbocycles. The first kappa shape index (κ1) is 35.7. The van der Waals surface area contributed by atoms with Crippen molar-refractivity contribution in [1.29, 1.82) is 10.5 Å². The van der Waals surface area contributed by atoms with Gasteiger partial charge in [-0.15, -0.1) is 0 Å². The summed E-state index contributed by atoms with van der Waals surface area (Å²) in [6.45, 7) is 4.26. The van der Waals surface area contributed by atoms with Crippen molar-refractivity contribution < 1.29 is 28.2 Å². The van der Waals surface area contributed by atoms with Crippen LogP contribution in [0.4, 0.5) is 5.82 Å². The monoisotopic (exact) mass is 689 g/mol. The Morgan fingerprint density at radius 2 is 1.56 bits per heavy atom. The first-order valence-corrected chi connectivity index (χ1v) is 15.9. The summed E-state index contributed by atoms with van der Waals surface area (Å²) >= 11 is 7.23. The fraction of sp³-hybridized carbons (Fsp3) is 0.273. The summed E-state index contributed by atoms with van der Waals surface area (Å²) in [7, 11) is 0. The predicted octanol–water partition coefficient (Wildman–Crippen LogP) is 4.51. The zero-order valence-corrected chi connectivity index (χ0v) is 27.8. The van der Waals surface area contributed by atoms with Crippen molar-refractivity contribution in [3.8, 4) is 40.5 Å². The summed E-state index contributed by atoms with van der Waals surface area (Å²) < 4.78 is 22.1. The highest BCUT2D eigenvalue weighted by atomic mass is 35.5. The van der Waals surface area contributed by atoms with E-state index in [0.29, 0.717) is 50.0 Å². The van der Waals surface area contributed by atoms with E-state index in [1.54, 1.807) is 55.5 Å². The lowest BCUT2D eigenvalue weighted by atomic mass is 9.97. The number of nitrogens with zero attached hydrogens (tertiary/aromatic N) is 4. The van der Waals surface area contributed by atoms with Crippen LogP contribution in [0.2, 0.25) is 5.02 Å². The Morgan fingerprint density at radius 3 is 2.17 bits per heavy atom. The Balaban J connectivity index is 1.54. The number of nitrogens with two attached hydrogens (primary N) is 3. The smallest absolute Gasteiger partial charge is 0.323 e. The van der Waals surface area contributed by atoms with Gasteiger partial charge >= 0.3 is 11.9 Å². The van der Waals surface area contributed by atoms with Crippen LogP contribution in [-0.4, -0.2) is 53.3 Å². The summed E-state index contributed by atoms with van der Waals surface area (Å²) in [5, 5.41) is 21.1. The lowest BCUT2D eigenvalue weighted by molar-refractivity contribution is -0.162. The lowest BCUT2D eigenvalue weighted by Crippen LogP contribution is -2.38. The molecule has 13 nitrogen and oxygen atoms in total. The Kier molecular flexibility index (Phi) is 12.0. The Bertz CT molecular complexity index is 1870. The van der Waals surface area contributed by atoms with E-state index in [1.807, 2.05) is 0 Å². The molecule has 2 aromatic heterocycles. The third-order valence-electron chi connectivity index (χ3n) is 6.76. The number of rotatable bonds is 13. The molecule has 4 aromatic rings. The summed E-state index contributed by atoms with van der Waals surface area (Å²) in [6, 6.07) is 16.1. The molecule has 0 fully saturated rings. The predicted molar refractivity (Wildman–Crippen MR) is 178 cm³/mol. The second-order valence-corrected chi connectivity index (χ2v) is 12.0. The highest BCUT2D eigenvalue weighted by Gasteiger charge is 2.23. The minimum Gasteiger partial charge on any atom is -0.490 e. The van der Waals surface area contributed by atoms with Gasteiger partial charge in [-0.1, -0.05) is 35.5 Å². The summed E-state index contributed by atoms with van der Waals surface area (Å²) in [5.41, 5.74) is 19.8. The van der Waals surface area contributed by atoms with Crippen LogP contribution < -0.4 is 21.9 Å². The van der Waals surface area contributed by atoms with Gasteiger partial charge in [-0.05, 0) is 62.7 Å². The van der Waals surface area contributed by atoms with Crippen LogP contribution in [-0.2, 0) is 24.8 Å². The average Bonchev–Trinajstić information content (AvgIpc) is 3.44. The molecular formula is C33H32ClN7O6S. The second-order valence-electron chi connectivity index (χ2n) is 10.6. The van der Waals surface area contributed by atoms with E-state index < -0.39 is 30.1 Å². The number of oxazole rings is 1. The molecule has 0 spiro atoms. The number of carbonyl (C=O) groups is 2. The Hall–Kier alpha value is -5.12. The molecule has 0 aliphatic carbocycles. The van der Waals surface area contributed by atoms with E-state index in [-0.39, 0.29) is 30.2 Å². The molecule has 15 heteroatoms. The molecule has 2 heterocycles. The van der Waals surface area contributed by atoms with Crippen molar-refractivity contribution in [2.24, 2.45) is 11.5 Å². The second kappa shape index (κ2) is 16.1. The third-order valence-corrected chi connectivity index (χ3v) is 8.00. The standard InChI is InChI=1S/C33H32ClN7O6S/c1-17(37)32(42)45-15-24(47-33(43)18(2)38)14-44-23-10-6-20(7-11-23)28-25(12-35)29(39)41-31(26(28)13-36)48-16-27-19(3)46-30(40-27)21-4-8-22(34)9-5-21/h4-11,17-18,24H,14-16,37-38H2,1-3H3,(H2,39,41)/t17-,18-,24+/m0/s1. The highest BCUT2D eigenvalue weighted by molar-refractivity contribution is 7.98. The quantitative estimate of drug-likeness (QED) is 0.130. The first-order chi connectivity index (χ1) is 22.9. The number of nitrogen functional groups attached to an aromatic ring is 1. The maximum absolute atomic E-state index is 12.1. The number of pyridine rings is 1. The number of esters is 2. The molecule has 48 heavy (non-hydrogen) atoms. The molecule has 0 unspecified atom stereocenters. The van der Waals surface area contributed by atoms with Crippen molar-refractivity contribution in [3.63, 3.8) is 0 Å². The minimum absolute atomic E-state index is 0.0341. The Morgan fingerprint density at radius 1 is 0.938 bits per heavy atom. The largest absolute Gasteiger partial charge is 0.490 e. The van der Waals surface area contributed by atoms with Gasteiger partial charge in [0.2, 0.25) is 5.89 Å². The molecule has 0 radical (unpaired) electrons. The first-order valence-electron chi connectivity index (χ1n) is 14.5. The van der Waals surface area contributed by atoms with Crippen molar-refractivity contribution in [1.82, 2.24) is 9.97 Å². The number of aryl methyl sites for hydroxylation is 1. The maximum Gasteiger partial charge on any atom is 0.323 e. The van der Waals surface area contributed by atoms with E-state index in [4.69, 9.17) is 47.4 Å². The SMILES string of the molecule is Cc1oc(-c2ccc(Cl)cc2)nc1CSc1nc(N)c(C#N)c(-c2ccc(OC[C@H](COC(=O)[C@H](C)N)OC(=O)[C@H](C)N)cc2)c1C#N. The van der Waals surface area contributed by atoms with Gasteiger partial charge in [0.15, 0.2) is 6.10 Å². The number of nitriles is 2. The van der Waals surface area contributed by atoms with Crippen molar-refractivity contribution in [2.75, 3.05) is 18.9 Å². The van der Waals surface area contributed by atoms with Gasteiger partial charge in [0, 0.05) is 21.9 Å². The maximum atomic E-state index is 12.1. The molecular weight excluding hydrogens is 658 g/mol. The molecule has 6 N–H and O–H groups in total. The van der Waals surface area contributed by atoms with Crippen molar-refractivity contribution >= 4 is 41.1 Å². The van der Waals surface area contributed by atoms with E-state index >= 15 is 0 Å². The minimum atomic E-state index is -0.962. The lowest BCUT2D eigenvalue weighted by Gasteiger charge is -2.20. The number of aromatic nitrogens is 2. The van der Waals surface area contributed by atoms with E-state index in [1.165, 1.54) is 25.6 Å². The molecule has 0 amide bonds. The molecule has 4 rings (SSSR count). The van der Waals surface area contributed by atoms with Gasteiger partial charge < -0.3 is 35.8 Å². The molecule has 0 aliphatic heterocycles. The summed E-state index contributed by atoms with van der Waals surface area (Å²) in [5.74, 6) is 0.310. The van der Waals surface area contributed by atoms with Crippen LogP contribution in [0, 0.1) is 29.6 Å². The van der Waals surface area contributed by atoms with Crippen LogP contribution in [0.25, 0.3) is 22.6 Å². The molecule has 0 bridgehead atoms. The fourth-order valence-electron chi connectivity index (χ4n) is 4.21. The third kappa shape index (κ3) is 8.82. The van der Waals surface area contributed by atoms with Gasteiger partial charge in [-0.3, -0.25) is 9.59 Å². The number of hydrogen-bond donors (Lipinski definition) is 3. The normalized spacial score (nSPS) is 12.7. The number of thioether (sulfide) groups is 1. The molecule has 2 aromatic carbocycles. The van der Waals surface area contributed by atoms with E-state index in [9.17, 15) is 20.1 Å². The van der Waals surface area contributed by atoms with Crippen LogP contribution in [0.1, 0.15) is 36.4 Å².